The number of rotatable bonds is 8. The summed E-state index contributed by atoms with van der Waals surface area (Å²) >= 11 is 0. The Balaban J connectivity index is 1.44. The number of β-lactam (4-membered cyclic amide) rings is 2. The standard InChI is InChI=1S/C30H25N3O7/c1-38-20-12-8-18(9-13-20)31-25(27(29(31)36)33-23(34)16-17-24(33)35)26-28(40-22-6-4-3-5-7-22)30(37)32(26)19-10-14-21(39-2)15-11-19/h3-17,25-28H,1-2H3/t25-,26-,27+,28+/m1/s1. The van der Waals surface area contributed by atoms with Gasteiger partial charge in [-0.15, -0.1) is 0 Å². The molecular formula is C30H25N3O7. The number of ether oxygens (including phenoxy) is 3. The normalized spacial score (nSPS) is 23.7. The topological polar surface area (TPSA) is 106 Å². The van der Waals surface area contributed by atoms with Crippen LogP contribution in [0.15, 0.2) is 91.0 Å². The smallest absolute Gasteiger partial charge is 0.270 e. The molecule has 0 unspecified atom stereocenters. The van der Waals surface area contributed by atoms with Crippen LogP contribution in [0.4, 0.5) is 11.4 Å². The van der Waals surface area contributed by atoms with E-state index in [1.807, 2.05) is 6.07 Å². The molecule has 3 aromatic carbocycles. The number of benzene rings is 3. The average Bonchev–Trinajstić information content (AvgIpc) is 3.31. The van der Waals surface area contributed by atoms with Crippen LogP contribution in [0.3, 0.4) is 0 Å². The molecule has 2 fully saturated rings. The first-order valence-electron chi connectivity index (χ1n) is 12.6. The minimum absolute atomic E-state index is 0.316. The lowest BCUT2D eigenvalue weighted by atomic mass is 9.78. The van der Waals surface area contributed by atoms with Gasteiger partial charge in [0.15, 0.2) is 6.10 Å². The molecule has 2 saturated heterocycles. The Bertz CT molecular complexity index is 1490. The van der Waals surface area contributed by atoms with Crippen molar-refractivity contribution in [1.82, 2.24) is 4.90 Å². The molecule has 40 heavy (non-hydrogen) atoms. The maximum absolute atomic E-state index is 13.7. The molecule has 3 aromatic rings. The fourth-order valence-electron chi connectivity index (χ4n) is 5.45. The average molecular weight is 540 g/mol. The number of nitrogens with zero attached hydrogens (tertiary/aromatic N) is 3. The zero-order chi connectivity index (χ0) is 28.0. The van der Waals surface area contributed by atoms with Crippen molar-refractivity contribution in [2.24, 2.45) is 0 Å². The van der Waals surface area contributed by atoms with Gasteiger partial charge < -0.3 is 19.1 Å². The molecule has 202 valence electrons. The van der Waals surface area contributed by atoms with Gasteiger partial charge in [0.05, 0.1) is 20.3 Å². The van der Waals surface area contributed by atoms with Gasteiger partial charge in [0.2, 0.25) is 0 Å². The quantitative estimate of drug-likeness (QED) is 0.320. The number of imide groups is 1. The second-order valence-corrected chi connectivity index (χ2v) is 9.47. The molecule has 3 heterocycles. The van der Waals surface area contributed by atoms with Gasteiger partial charge in [0.1, 0.15) is 29.3 Å². The Labute approximate surface area is 229 Å². The third-order valence-electron chi connectivity index (χ3n) is 7.38. The van der Waals surface area contributed by atoms with E-state index in [0.717, 1.165) is 17.1 Å². The van der Waals surface area contributed by atoms with E-state index in [-0.39, 0.29) is 5.91 Å². The fraction of sp³-hybridized carbons (Fsp3) is 0.200. The van der Waals surface area contributed by atoms with Crippen LogP contribution in [0.25, 0.3) is 0 Å². The van der Waals surface area contributed by atoms with Gasteiger partial charge >= 0.3 is 0 Å². The SMILES string of the molecule is COc1ccc(N2C(=O)[C@@H](Oc3ccccc3)[C@H]2[C@@H]2[C@H](N3C(=O)C=CC3=O)C(=O)N2c2ccc(OC)cc2)cc1. The van der Waals surface area contributed by atoms with Gasteiger partial charge in [-0.2, -0.15) is 0 Å². The van der Waals surface area contributed by atoms with Gasteiger partial charge in [-0.25, -0.2) is 0 Å². The first-order valence-corrected chi connectivity index (χ1v) is 12.6. The number of carbonyl (C=O) groups excluding carboxylic acids is 4. The Kier molecular flexibility index (Phi) is 6.22. The maximum atomic E-state index is 13.7. The summed E-state index contributed by atoms with van der Waals surface area (Å²) < 4.78 is 16.7. The second-order valence-electron chi connectivity index (χ2n) is 9.47. The maximum Gasteiger partial charge on any atom is 0.270 e. The van der Waals surface area contributed by atoms with Crippen molar-refractivity contribution in [3.05, 3.63) is 91.0 Å². The molecule has 0 spiro atoms. The highest BCUT2D eigenvalue weighted by molar-refractivity contribution is 6.19. The summed E-state index contributed by atoms with van der Waals surface area (Å²) in [6, 6.07) is 20.1. The van der Waals surface area contributed by atoms with Crippen LogP contribution in [0.5, 0.6) is 17.2 Å². The number of hydrogen-bond acceptors (Lipinski definition) is 7. The van der Waals surface area contributed by atoms with Crippen LogP contribution in [0.2, 0.25) is 0 Å². The van der Waals surface area contributed by atoms with Crippen LogP contribution in [-0.4, -0.2) is 67.0 Å². The molecule has 6 rings (SSSR count). The predicted octanol–water partition coefficient (Wildman–Crippen LogP) is 2.58. The summed E-state index contributed by atoms with van der Waals surface area (Å²) in [4.78, 5) is 56.8. The summed E-state index contributed by atoms with van der Waals surface area (Å²) in [6.07, 6.45) is 1.31. The van der Waals surface area contributed by atoms with E-state index in [1.54, 1.807) is 91.9 Å². The summed E-state index contributed by atoms with van der Waals surface area (Å²) in [6.45, 7) is 0. The molecule has 10 nitrogen and oxygen atoms in total. The van der Waals surface area contributed by atoms with Crippen LogP contribution in [0.1, 0.15) is 0 Å². The first-order chi connectivity index (χ1) is 19.4. The van der Waals surface area contributed by atoms with Crippen molar-refractivity contribution < 1.29 is 33.4 Å². The van der Waals surface area contributed by atoms with Crippen molar-refractivity contribution in [2.75, 3.05) is 24.0 Å². The Hall–Kier alpha value is -5.12. The Morgan fingerprint density at radius 2 is 1.05 bits per heavy atom. The van der Waals surface area contributed by atoms with Crippen molar-refractivity contribution >= 4 is 35.0 Å². The second kappa shape index (κ2) is 9.88. The van der Waals surface area contributed by atoms with Gasteiger partial charge in [0, 0.05) is 23.5 Å². The molecule has 0 N–H and O–H groups in total. The third-order valence-corrected chi connectivity index (χ3v) is 7.38. The number of para-hydroxylation sites is 1. The highest BCUT2D eigenvalue weighted by Crippen LogP contribution is 2.43. The van der Waals surface area contributed by atoms with E-state index < -0.39 is 42.0 Å². The van der Waals surface area contributed by atoms with E-state index in [1.165, 1.54) is 4.90 Å². The van der Waals surface area contributed by atoms with Crippen LogP contribution in [-0.2, 0) is 19.2 Å². The molecular weight excluding hydrogens is 514 g/mol. The third kappa shape index (κ3) is 3.96. The minimum atomic E-state index is -1.13. The van der Waals surface area contributed by atoms with E-state index in [2.05, 4.69) is 0 Å². The predicted molar refractivity (Wildman–Crippen MR) is 144 cm³/mol. The number of hydrogen-bond donors (Lipinski definition) is 0. The zero-order valence-electron chi connectivity index (χ0n) is 21.7. The largest absolute Gasteiger partial charge is 0.497 e. The number of methoxy groups -OCH3 is 2. The van der Waals surface area contributed by atoms with Gasteiger partial charge in [-0.3, -0.25) is 29.0 Å². The molecule has 3 aliphatic rings. The first kappa shape index (κ1) is 25.2. The van der Waals surface area contributed by atoms with E-state index >= 15 is 0 Å². The summed E-state index contributed by atoms with van der Waals surface area (Å²) in [7, 11) is 3.09. The number of anilines is 2. The molecule has 0 saturated carbocycles. The van der Waals surface area contributed by atoms with Crippen LogP contribution < -0.4 is 24.0 Å². The highest BCUT2D eigenvalue weighted by atomic mass is 16.5. The summed E-state index contributed by atoms with van der Waals surface area (Å²) in [5.74, 6) is -0.218. The lowest BCUT2D eigenvalue weighted by molar-refractivity contribution is -0.153. The lowest BCUT2D eigenvalue weighted by Gasteiger charge is -2.59. The minimum Gasteiger partial charge on any atom is -0.497 e. The van der Waals surface area contributed by atoms with Crippen LogP contribution >= 0.6 is 0 Å². The summed E-state index contributed by atoms with van der Waals surface area (Å²) in [5.41, 5.74) is 1.10. The van der Waals surface area contributed by atoms with Crippen molar-refractivity contribution in [3.63, 3.8) is 0 Å². The number of amides is 4. The van der Waals surface area contributed by atoms with Gasteiger partial charge in [0.25, 0.3) is 23.6 Å². The lowest BCUT2D eigenvalue weighted by Crippen LogP contribution is -2.84. The van der Waals surface area contributed by atoms with Gasteiger partial charge in [-0.1, -0.05) is 18.2 Å². The van der Waals surface area contributed by atoms with Crippen LogP contribution in [0, 0.1) is 0 Å². The highest BCUT2D eigenvalue weighted by Gasteiger charge is 2.66. The van der Waals surface area contributed by atoms with E-state index in [9.17, 15) is 19.2 Å². The summed E-state index contributed by atoms with van der Waals surface area (Å²) in [5, 5.41) is 0. The molecule has 3 aliphatic heterocycles. The molecule has 10 heteroatoms. The molecule has 0 bridgehead atoms. The van der Waals surface area contributed by atoms with E-state index in [4.69, 9.17) is 14.2 Å². The number of carbonyl (C=O) groups is 4. The molecule has 0 aromatic heterocycles. The Morgan fingerprint density at radius 1 is 0.550 bits per heavy atom. The van der Waals surface area contributed by atoms with E-state index in [0.29, 0.717) is 28.6 Å². The molecule has 4 atom stereocenters. The van der Waals surface area contributed by atoms with Crippen molar-refractivity contribution in [1.29, 1.82) is 0 Å². The molecule has 4 amide bonds. The molecule has 0 radical (unpaired) electrons. The monoisotopic (exact) mass is 539 g/mol. The van der Waals surface area contributed by atoms with Gasteiger partial charge in [-0.05, 0) is 60.7 Å². The van der Waals surface area contributed by atoms with Crippen molar-refractivity contribution in [3.8, 4) is 17.2 Å². The molecule has 0 aliphatic carbocycles. The fourth-order valence-corrected chi connectivity index (χ4v) is 5.45. The Morgan fingerprint density at radius 3 is 1.55 bits per heavy atom. The zero-order valence-corrected chi connectivity index (χ0v) is 21.7. The van der Waals surface area contributed by atoms with Crippen molar-refractivity contribution in [2.45, 2.75) is 24.2 Å².